The number of nitrogens with zero attached hydrogens (tertiary/aromatic N) is 2. The lowest BCUT2D eigenvalue weighted by Crippen LogP contribution is -2.39. The van der Waals surface area contributed by atoms with E-state index in [1.54, 1.807) is 18.3 Å². The third-order valence-corrected chi connectivity index (χ3v) is 2.73. The average Bonchev–Trinajstić information content (AvgIpc) is 2.34. The van der Waals surface area contributed by atoms with Crippen molar-refractivity contribution in [3.05, 3.63) is 40.7 Å². The molecule has 0 bridgehead atoms. The first-order chi connectivity index (χ1) is 8.88. The summed E-state index contributed by atoms with van der Waals surface area (Å²) in [6, 6.07) is 4.94. The number of fused-ring (bicyclic) bond motifs is 1. The number of nitro benzene ring substituents is 1. The van der Waals surface area contributed by atoms with Crippen molar-refractivity contribution in [2.75, 3.05) is 11.9 Å². The molecule has 0 aliphatic rings. The van der Waals surface area contributed by atoms with Crippen LogP contribution in [0.2, 0.25) is 0 Å². The SMILES string of the molecule is CC(C)(N)CNc1ccc([N+](=O)[O-])c2cnccc12. The summed E-state index contributed by atoms with van der Waals surface area (Å²) >= 11 is 0. The fourth-order valence-corrected chi connectivity index (χ4v) is 1.81. The molecule has 3 N–H and O–H groups in total. The molecule has 6 heteroatoms. The normalized spacial score (nSPS) is 11.5. The third-order valence-electron chi connectivity index (χ3n) is 2.73. The lowest BCUT2D eigenvalue weighted by Gasteiger charge is -2.20. The molecule has 1 aromatic heterocycles. The van der Waals surface area contributed by atoms with Gasteiger partial charge in [-0.2, -0.15) is 0 Å². The highest BCUT2D eigenvalue weighted by Crippen LogP contribution is 2.30. The van der Waals surface area contributed by atoms with Crippen molar-refractivity contribution in [1.82, 2.24) is 4.98 Å². The van der Waals surface area contributed by atoms with E-state index in [1.807, 2.05) is 13.8 Å². The Morgan fingerprint density at radius 2 is 2.11 bits per heavy atom. The van der Waals surface area contributed by atoms with Gasteiger partial charge in [-0.25, -0.2) is 0 Å². The van der Waals surface area contributed by atoms with Gasteiger partial charge in [0.05, 0.1) is 10.3 Å². The second kappa shape index (κ2) is 4.81. The van der Waals surface area contributed by atoms with Crippen molar-refractivity contribution in [1.29, 1.82) is 0 Å². The molecule has 0 unspecified atom stereocenters. The summed E-state index contributed by atoms with van der Waals surface area (Å²) in [5.41, 5.74) is 6.44. The fraction of sp³-hybridized carbons (Fsp3) is 0.308. The van der Waals surface area contributed by atoms with Crippen LogP contribution in [0.4, 0.5) is 11.4 Å². The van der Waals surface area contributed by atoms with E-state index in [-0.39, 0.29) is 11.2 Å². The molecule has 6 nitrogen and oxygen atoms in total. The van der Waals surface area contributed by atoms with Gasteiger partial charge in [0.15, 0.2) is 0 Å². The number of benzene rings is 1. The summed E-state index contributed by atoms with van der Waals surface area (Å²) in [7, 11) is 0. The average molecular weight is 260 g/mol. The molecule has 0 fully saturated rings. The first-order valence-corrected chi connectivity index (χ1v) is 5.92. The third kappa shape index (κ3) is 2.97. The molecule has 0 saturated carbocycles. The van der Waals surface area contributed by atoms with E-state index in [1.165, 1.54) is 12.3 Å². The van der Waals surface area contributed by atoms with Crippen LogP contribution in [0.15, 0.2) is 30.6 Å². The minimum atomic E-state index is -0.402. The van der Waals surface area contributed by atoms with Crippen molar-refractivity contribution in [2.45, 2.75) is 19.4 Å². The van der Waals surface area contributed by atoms with Crippen LogP contribution in [0.25, 0.3) is 10.8 Å². The number of nitrogens with one attached hydrogen (secondary N) is 1. The summed E-state index contributed by atoms with van der Waals surface area (Å²) in [6.07, 6.45) is 3.12. The lowest BCUT2D eigenvalue weighted by atomic mass is 10.1. The number of aromatic nitrogens is 1. The largest absolute Gasteiger partial charge is 0.383 e. The molecule has 2 aromatic rings. The van der Waals surface area contributed by atoms with E-state index in [4.69, 9.17) is 5.73 Å². The predicted molar refractivity (Wildman–Crippen MR) is 75.2 cm³/mol. The van der Waals surface area contributed by atoms with E-state index in [0.717, 1.165) is 11.1 Å². The quantitative estimate of drug-likeness (QED) is 0.649. The van der Waals surface area contributed by atoms with Gasteiger partial charge in [0.1, 0.15) is 0 Å². The van der Waals surface area contributed by atoms with Crippen LogP contribution in [-0.4, -0.2) is 22.0 Å². The van der Waals surface area contributed by atoms with Gasteiger partial charge in [0.2, 0.25) is 0 Å². The molecule has 0 aliphatic heterocycles. The number of non-ortho nitro benzene ring substituents is 1. The molecule has 2 rings (SSSR count). The maximum atomic E-state index is 11.0. The molecule has 0 radical (unpaired) electrons. The monoisotopic (exact) mass is 260 g/mol. The number of hydrogen-bond acceptors (Lipinski definition) is 5. The molecule has 0 spiro atoms. The molecular weight excluding hydrogens is 244 g/mol. The summed E-state index contributed by atoms with van der Waals surface area (Å²) in [6.45, 7) is 4.40. The zero-order chi connectivity index (χ0) is 14.0. The first-order valence-electron chi connectivity index (χ1n) is 5.92. The van der Waals surface area contributed by atoms with Gasteiger partial charge in [-0.05, 0) is 26.0 Å². The first kappa shape index (κ1) is 13.2. The second-order valence-electron chi connectivity index (χ2n) is 5.15. The zero-order valence-corrected chi connectivity index (χ0v) is 10.9. The zero-order valence-electron chi connectivity index (χ0n) is 10.9. The van der Waals surface area contributed by atoms with Crippen molar-refractivity contribution in [2.24, 2.45) is 5.73 Å². The molecule has 19 heavy (non-hydrogen) atoms. The smallest absolute Gasteiger partial charge is 0.278 e. The van der Waals surface area contributed by atoms with Crippen LogP contribution in [0, 0.1) is 10.1 Å². The maximum Gasteiger partial charge on any atom is 0.278 e. The van der Waals surface area contributed by atoms with E-state index in [2.05, 4.69) is 10.3 Å². The number of rotatable bonds is 4. The van der Waals surface area contributed by atoms with Crippen LogP contribution in [0.5, 0.6) is 0 Å². The van der Waals surface area contributed by atoms with E-state index >= 15 is 0 Å². The van der Waals surface area contributed by atoms with Gasteiger partial charge in [-0.1, -0.05) is 0 Å². The van der Waals surface area contributed by atoms with Gasteiger partial charge >= 0.3 is 0 Å². The van der Waals surface area contributed by atoms with Crippen LogP contribution < -0.4 is 11.1 Å². The fourth-order valence-electron chi connectivity index (χ4n) is 1.81. The molecule has 1 heterocycles. The highest BCUT2D eigenvalue weighted by atomic mass is 16.6. The maximum absolute atomic E-state index is 11.0. The van der Waals surface area contributed by atoms with E-state index in [9.17, 15) is 10.1 Å². The van der Waals surface area contributed by atoms with Crippen LogP contribution in [-0.2, 0) is 0 Å². The number of hydrogen-bond donors (Lipinski definition) is 2. The Morgan fingerprint density at radius 3 is 2.74 bits per heavy atom. The molecule has 100 valence electrons. The van der Waals surface area contributed by atoms with Crippen LogP contribution in [0.3, 0.4) is 0 Å². The lowest BCUT2D eigenvalue weighted by molar-refractivity contribution is -0.383. The standard InChI is InChI=1S/C13H16N4O2/c1-13(2,14)8-16-11-3-4-12(17(18)19)10-7-15-6-5-9(10)11/h3-7,16H,8,14H2,1-2H3. The number of nitro groups is 1. The van der Waals surface area contributed by atoms with Crippen LogP contribution in [0.1, 0.15) is 13.8 Å². The topological polar surface area (TPSA) is 94.1 Å². The van der Waals surface area contributed by atoms with Gasteiger partial charge in [-0.15, -0.1) is 0 Å². The van der Waals surface area contributed by atoms with Crippen LogP contribution >= 0.6 is 0 Å². The van der Waals surface area contributed by atoms with E-state index in [0.29, 0.717) is 11.9 Å². The second-order valence-corrected chi connectivity index (χ2v) is 5.15. The molecule has 0 atom stereocenters. The number of anilines is 1. The summed E-state index contributed by atoms with van der Waals surface area (Å²) in [5, 5.41) is 15.5. The summed E-state index contributed by atoms with van der Waals surface area (Å²) in [4.78, 5) is 14.5. The summed E-state index contributed by atoms with van der Waals surface area (Å²) in [5.74, 6) is 0. The van der Waals surface area contributed by atoms with Crippen molar-refractivity contribution in [3.8, 4) is 0 Å². The van der Waals surface area contributed by atoms with Crippen molar-refractivity contribution in [3.63, 3.8) is 0 Å². The predicted octanol–water partition coefficient (Wildman–Crippen LogP) is 2.29. The van der Waals surface area contributed by atoms with Crippen molar-refractivity contribution < 1.29 is 4.92 Å². The highest BCUT2D eigenvalue weighted by molar-refractivity contribution is 5.99. The number of pyridine rings is 1. The van der Waals surface area contributed by atoms with Gasteiger partial charge in [-0.3, -0.25) is 15.1 Å². The van der Waals surface area contributed by atoms with Gasteiger partial charge in [0.25, 0.3) is 5.69 Å². The molecule has 0 saturated heterocycles. The Hall–Kier alpha value is -2.21. The molecule has 0 amide bonds. The Morgan fingerprint density at radius 1 is 1.37 bits per heavy atom. The van der Waals surface area contributed by atoms with Gasteiger partial charge < -0.3 is 11.1 Å². The molecule has 1 aromatic carbocycles. The Kier molecular flexibility index (Phi) is 3.35. The van der Waals surface area contributed by atoms with Crippen molar-refractivity contribution >= 4 is 22.1 Å². The minimum Gasteiger partial charge on any atom is -0.383 e. The van der Waals surface area contributed by atoms with E-state index < -0.39 is 4.92 Å². The highest BCUT2D eigenvalue weighted by Gasteiger charge is 2.16. The molecular formula is C13H16N4O2. The summed E-state index contributed by atoms with van der Waals surface area (Å²) < 4.78 is 0. The molecule has 0 aliphatic carbocycles. The minimum absolute atomic E-state index is 0.0562. The van der Waals surface area contributed by atoms with Gasteiger partial charge in [0, 0.05) is 41.6 Å². The Bertz CT molecular complexity index is 620. The number of nitrogens with two attached hydrogens (primary N) is 1. The Balaban J connectivity index is 2.47. The Labute approximate surface area is 110 Å².